The molecule has 0 aliphatic carbocycles. The second-order valence-electron chi connectivity index (χ2n) is 23.3. The van der Waals surface area contributed by atoms with Crippen molar-refractivity contribution in [3.63, 3.8) is 0 Å². The Labute approximate surface area is 452 Å². The van der Waals surface area contributed by atoms with Crippen molar-refractivity contribution in [2.45, 2.75) is 405 Å². The van der Waals surface area contributed by atoms with Gasteiger partial charge in [0, 0.05) is 12.8 Å². The summed E-state index contributed by atoms with van der Waals surface area (Å²) < 4.78 is 10.7. The first-order valence-electron chi connectivity index (χ1n) is 33.6. The highest BCUT2D eigenvalue weighted by molar-refractivity contribution is 5.70. The molecule has 0 spiro atoms. The second kappa shape index (κ2) is 64.2. The van der Waals surface area contributed by atoms with Crippen molar-refractivity contribution in [1.82, 2.24) is 0 Å². The molecule has 0 aromatic rings. The van der Waals surface area contributed by atoms with Crippen molar-refractivity contribution < 1.29 is 24.2 Å². The molecule has 0 amide bonds. The Balaban J connectivity index is 3.33. The highest BCUT2D eigenvalue weighted by Crippen LogP contribution is 2.20. The van der Waals surface area contributed by atoms with Gasteiger partial charge >= 0.3 is 11.9 Å². The van der Waals surface area contributed by atoms with Gasteiger partial charge in [-0.2, -0.15) is 0 Å². The van der Waals surface area contributed by atoms with Crippen LogP contribution < -0.4 is 0 Å². The van der Waals surface area contributed by atoms with E-state index in [-0.39, 0.29) is 25.2 Å². The maximum absolute atomic E-state index is 12.3. The highest BCUT2D eigenvalue weighted by Gasteiger charge is 2.16. The van der Waals surface area contributed by atoms with Crippen molar-refractivity contribution >= 4 is 11.9 Å². The molecule has 430 valence electrons. The van der Waals surface area contributed by atoms with E-state index >= 15 is 0 Å². The zero-order valence-electron chi connectivity index (χ0n) is 49.5. The topological polar surface area (TPSA) is 72.8 Å². The molecule has 0 aliphatic heterocycles. The van der Waals surface area contributed by atoms with Crippen LogP contribution in [-0.2, 0) is 19.1 Å². The van der Waals surface area contributed by atoms with Gasteiger partial charge in [-0.1, -0.05) is 373 Å². The smallest absolute Gasteiger partial charge is 0.306 e. The number of hydrogen-bond acceptors (Lipinski definition) is 5. The zero-order chi connectivity index (χ0) is 52.0. The fourth-order valence-corrected chi connectivity index (χ4v) is 10.9. The zero-order valence-corrected chi connectivity index (χ0v) is 49.5. The Morgan fingerprint density at radius 2 is 0.431 bits per heavy atom. The molecule has 5 heteroatoms. The van der Waals surface area contributed by atoms with Gasteiger partial charge in [-0.25, -0.2) is 0 Å². The quantitative estimate of drug-likeness (QED) is 0.0485. The van der Waals surface area contributed by atoms with Gasteiger partial charge in [0.05, 0.1) is 6.61 Å². The Bertz CT molecular complexity index is 1010. The summed E-state index contributed by atoms with van der Waals surface area (Å²) in [7, 11) is 0. The fourth-order valence-electron chi connectivity index (χ4n) is 10.9. The minimum atomic E-state index is -0.765. The van der Waals surface area contributed by atoms with E-state index in [1.165, 1.54) is 340 Å². The molecule has 0 fully saturated rings. The first kappa shape index (κ1) is 70.9. The fraction of sp³-hybridized carbons (Fsp3) is 0.970. The molecule has 0 aromatic carbocycles. The number of esters is 2. The minimum absolute atomic E-state index is 0.0555. The first-order chi connectivity index (χ1) is 35.6. The molecule has 5 nitrogen and oxygen atoms in total. The molecule has 0 heterocycles. The van der Waals surface area contributed by atoms with Crippen LogP contribution in [0.3, 0.4) is 0 Å². The van der Waals surface area contributed by atoms with Crippen LogP contribution in [0.4, 0.5) is 0 Å². The summed E-state index contributed by atoms with van der Waals surface area (Å²) in [5.74, 6) is -0.561. The third-order valence-electron chi connectivity index (χ3n) is 15.9. The normalized spacial score (nSPS) is 12.0. The van der Waals surface area contributed by atoms with E-state index in [0.717, 1.165) is 32.1 Å². The summed E-state index contributed by atoms with van der Waals surface area (Å²) in [6.45, 7) is 4.22. The monoisotopic (exact) mass is 1020 g/mol. The molecule has 0 saturated heterocycles. The molecule has 72 heavy (non-hydrogen) atoms. The standard InChI is InChI=1S/C67H132O5/c1-3-5-7-9-11-13-15-17-19-21-23-25-26-27-28-29-30-31-32-33-34-35-36-37-38-39-40-41-42-44-46-48-50-52-54-56-58-60-62-67(70)72-65(63-68)64-71-66(69)61-59-57-55-53-51-49-47-45-43-24-22-20-18-16-14-12-10-8-6-4-2/h65,68H,3-64H2,1-2H3. The van der Waals surface area contributed by atoms with Crippen molar-refractivity contribution in [3.8, 4) is 0 Å². The molecule has 1 unspecified atom stereocenters. The van der Waals surface area contributed by atoms with Crippen molar-refractivity contribution in [2.24, 2.45) is 0 Å². The molecular formula is C67H132O5. The van der Waals surface area contributed by atoms with Gasteiger partial charge in [0.1, 0.15) is 6.61 Å². The summed E-state index contributed by atoms with van der Waals surface area (Å²) in [6, 6.07) is 0. The predicted octanol–water partition coefficient (Wildman–Crippen LogP) is 22.9. The lowest BCUT2D eigenvalue weighted by Gasteiger charge is -2.15. The SMILES string of the molecule is CCCCCCCCCCCCCCCCCCCCCCCCCCCCCCCCCCCCCCCCC(=O)OC(CO)COC(=O)CCCCCCCCCCCCCCCCCCCCCC. The van der Waals surface area contributed by atoms with E-state index in [0.29, 0.717) is 12.8 Å². The lowest BCUT2D eigenvalue weighted by Crippen LogP contribution is -2.28. The Morgan fingerprint density at radius 3 is 0.611 bits per heavy atom. The average Bonchev–Trinajstić information content (AvgIpc) is 3.38. The summed E-state index contributed by atoms with van der Waals surface area (Å²) in [5.41, 5.74) is 0. The molecular weight excluding hydrogens is 885 g/mol. The largest absolute Gasteiger partial charge is 0.462 e. The molecule has 0 saturated carbocycles. The van der Waals surface area contributed by atoms with Gasteiger partial charge in [0.15, 0.2) is 6.10 Å². The summed E-state index contributed by atoms with van der Waals surface area (Å²) in [5, 5.41) is 9.68. The van der Waals surface area contributed by atoms with Crippen LogP contribution in [0.25, 0.3) is 0 Å². The number of aliphatic hydroxyl groups is 1. The lowest BCUT2D eigenvalue weighted by molar-refractivity contribution is -0.161. The van der Waals surface area contributed by atoms with Crippen LogP contribution in [0, 0.1) is 0 Å². The first-order valence-corrected chi connectivity index (χ1v) is 33.6. The van der Waals surface area contributed by atoms with Gasteiger partial charge in [0.2, 0.25) is 0 Å². The Kier molecular flexibility index (Phi) is 63.2. The summed E-state index contributed by atoms with van der Waals surface area (Å²) in [6.07, 6.45) is 80.0. The van der Waals surface area contributed by atoms with Crippen molar-refractivity contribution in [3.05, 3.63) is 0 Å². The van der Waals surface area contributed by atoms with Gasteiger partial charge in [0.25, 0.3) is 0 Å². The van der Waals surface area contributed by atoms with Crippen LogP contribution in [0.1, 0.15) is 399 Å². The number of rotatable bonds is 64. The minimum Gasteiger partial charge on any atom is -0.462 e. The van der Waals surface area contributed by atoms with Gasteiger partial charge in [-0.05, 0) is 12.8 Å². The Hall–Kier alpha value is -1.10. The molecule has 0 aromatic heterocycles. The predicted molar refractivity (Wildman–Crippen MR) is 316 cm³/mol. The molecule has 1 N–H and O–H groups in total. The average molecular weight is 1020 g/mol. The van der Waals surface area contributed by atoms with Crippen LogP contribution >= 0.6 is 0 Å². The highest BCUT2D eigenvalue weighted by atomic mass is 16.6. The van der Waals surface area contributed by atoms with Gasteiger partial charge < -0.3 is 14.6 Å². The summed E-state index contributed by atoms with van der Waals surface area (Å²) in [4.78, 5) is 24.6. The number of ether oxygens (including phenoxy) is 2. The molecule has 0 bridgehead atoms. The van der Waals surface area contributed by atoms with E-state index in [2.05, 4.69) is 13.8 Å². The number of carbonyl (C=O) groups excluding carboxylic acids is 2. The number of hydrogen-bond donors (Lipinski definition) is 1. The van der Waals surface area contributed by atoms with E-state index < -0.39 is 6.10 Å². The van der Waals surface area contributed by atoms with Crippen LogP contribution in [0.2, 0.25) is 0 Å². The third-order valence-corrected chi connectivity index (χ3v) is 15.9. The van der Waals surface area contributed by atoms with Crippen LogP contribution in [0.15, 0.2) is 0 Å². The number of unbranched alkanes of at least 4 members (excludes halogenated alkanes) is 56. The van der Waals surface area contributed by atoms with Crippen LogP contribution in [0.5, 0.6) is 0 Å². The van der Waals surface area contributed by atoms with Gasteiger partial charge in [-0.3, -0.25) is 9.59 Å². The maximum Gasteiger partial charge on any atom is 0.306 e. The van der Waals surface area contributed by atoms with E-state index in [1.807, 2.05) is 0 Å². The second-order valence-corrected chi connectivity index (χ2v) is 23.3. The summed E-state index contributed by atoms with van der Waals surface area (Å²) >= 11 is 0. The van der Waals surface area contributed by atoms with Crippen molar-refractivity contribution in [2.75, 3.05) is 13.2 Å². The van der Waals surface area contributed by atoms with Gasteiger partial charge in [-0.15, -0.1) is 0 Å². The maximum atomic E-state index is 12.3. The lowest BCUT2D eigenvalue weighted by atomic mass is 10.0. The van der Waals surface area contributed by atoms with Crippen LogP contribution in [-0.4, -0.2) is 36.4 Å². The number of carbonyl (C=O) groups is 2. The van der Waals surface area contributed by atoms with Crippen molar-refractivity contribution in [1.29, 1.82) is 0 Å². The molecule has 0 radical (unpaired) electrons. The molecule has 1 atom stereocenters. The number of aliphatic hydroxyl groups excluding tert-OH is 1. The molecule has 0 aliphatic rings. The third kappa shape index (κ3) is 61.4. The molecule has 0 rings (SSSR count). The van der Waals surface area contributed by atoms with E-state index in [1.54, 1.807) is 0 Å². The Morgan fingerprint density at radius 1 is 0.264 bits per heavy atom. The van der Waals surface area contributed by atoms with E-state index in [9.17, 15) is 14.7 Å². The van der Waals surface area contributed by atoms with E-state index in [4.69, 9.17) is 9.47 Å².